The summed E-state index contributed by atoms with van der Waals surface area (Å²) in [7, 11) is 0. The second-order valence-electron chi connectivity index (χ2n) is 9.07. The van der Waals surface area contributed by atoms with Crippen LogP contribution >= 0.6 is 0 Å². The number of amides is 3. The number of aryl methyl sites for hydroxylation is 1. The topological polar surface area (TPSA) is 69.7 Å². The van der Waals surface area contributed by atoms with Crippen LogP contribution in [0.25, 0.3) is 10.8 Å². The molecular weight excluding hydrogens is 426 g/mol. The normalized spacial score (nSPS) is 14.2. The largest absolute Gasteiger partial charge is 0.352 e. The predicted molar refractivity (Wildman–Crippen MR) is 135 cm³/mol. The van der Waals surface area contributed by atoms with Gasteiger partial charge in [-0.1, -0.05) is 61.0 Å². The fraction of sp³-hybridized carbons (Fsp3) is 0.321. The van der Waals surface area contributed by atoms with Gasteiger partial charge in [0.05, 0.1) is 5.69 Å². The van der Waals surface area contributed by atoms with Gasteiger partial charge in [-0.15, -0.1) is 0 Å². The summed E-state index contributed by atoms with van der Waals surface area (Å²) in [6.07, 6.45) is 0.801. The Morgan fingerprint density at radius 1 is 1.00 bits per heavy atom. The zero-order valence-corrected chi connectivity index (χ0v) is 20.2. The van der Waals surface area contributed by atoms with Crippen molar-refractivity contribution in [1.82, 2.24) is 10.2 Å². The molecule has 1 N–H and O–H groups in total. The summed E-state index contributed by atoms with van der Waals surface area (Å²) < 4.78 is 0. The van der Waals surface area contributed by atoms with Crippen LogP contribution in [0.4, 0.5) is 5.69 Å². The molecule has 0 fully saturated rings. The molecule has 2 unspecified atom stereocenters. The zero-order chi connectivity index (χ0) is 24.4. The number of nitrogens with one attached hydrogen (secondary N) is 1. The number of hydrogen-bond acceptors (Lipinski definition) is 3. The van der Waals surface area contributed by atoms with Crippen molar-refractivity contribution >= 4 is 34.2 Å². The number of rotatable bonds is 8. The molecule has 3 aromatic carbocycles. The van der Waals surface area contributed by atoms with Crippen LogP contribution in [0.2, 0.25) is 0 Å². The van der Waals surface area contributed by atoms with E-state index in [-0.39, 0.29) is 36.9 Å². The molecule has 4 rings (SSSR count). The number of nitrogens with zero attached hydrogens (tertiary/aromatic N) is 2. The molecule has 0 bridgehead atoms. The molecule has 1 aliphatic rings. The molecule has 6 nitrogen and oxygen atoms in total. The van der Waals surface area contributed by atoms with Crippen molar-refractivity contribution in [2.75, 3.05) is 11.4 Å². The Morgan fingerprint density at radius 2 is 1.68 bits per heavy atom. The van der Waals surface area contributed by atoms with Gasteiger partial charge in [-0.2, -0.15) is 0 Å². The average Bonchev–Trinajstić information content (AvgIpc) is 3.11. The van der Waals surface area contributed by atoms with Crippen molar-refractivity contribution in [2.45, 2.75) is 52.7 Å². The monoisotopic (exact) mass is 457 g/mol. The molecule has 0 saturated heterocycles. The molecule has 3 amide bonds. The van der Waals surface area contributed by atoms with Gasteiger partial charge in [0, 0.05) is 23.5 Å². The van der Waals surface area contributed by atoms with Gasteiger partial charge in [0.15, 0.2) is 0 Å². The van der Waals surface area contributed by atoms with Crippen LogP contribution < -0.4 is 10.2 Å². The highest BCUT2D eigenvalue weighted by atomic mass is 16.2. The highest BCUT2D eigenvalue weighted by Gasteiger charge is 2.34. The maximum Gasteiger partial charge on any atom is 0.259 e. The number of benzene rings is 3. The first-order chi connectivity index (χ1) is 16.3. The summed E-state index contributed by atoms with van der Waals surface area (Å²) in [5.74, 6) is -0.661. The van der Waals surface area contributed by atoms with Gasteiger partial charge in [-0.3, -0.25) is 19.3 Å². The van der Waals surface area contributed by atoms with Crippen molar-refractivity contribution < 1.29 is 14.4 Å². The minimum atomic E-state index is -0.682. The van der Waals surface area contributed by atoms with Crippen LogP contribution in [0.5, 0.6) is 0 Å². The summed E-state index contributed by atoms with van der Waals surface area (Å²) in [6, 6.07) is 18.6. The Balaban J connectivity index is 1.61. The molecule has 176 valence electrons. The lowest BCUT2D eigenvalue weighted by Gasteiger charge is -2.31. The van der Waals surface area contributed by atoms with Crippen molar-refractivity contribution in [3.05, 3.63) is 77.4 Å². The Hall–Kier alpha value is -3.67. The van der Waals surface area contributed by atoms with E-state index >= 15 is 0 Å². The van der Waals surface area contributed by atoms with Gasteiger partial charge < -0.3 is 10.2 Å². The summed E-state index contributed by atoms with van der Waals surface area (Å²) in [5.41, 5.74) is 3.39. The molecule has 0 aliphatic carbocycles. The molecule has 34 heavy (non-hydrogen) atoms. The Labute approximate surface area is 200 Å². The maximum atomic E-state index is 13.6. The average molecular weight is 458 g/mol. The number of anilines is 1. The van der Waals surface area contributed by atoms with E-state index in [1.165, 1.54) is 4.90 Å². The van der Waals surface area contributed by atoms with E-state index in [1.807, 2.05) is 75.4 Å². The quantitative estimate of drug-likeness (QED) is 0.544. The van der Waals surface area contributed by atoms with Crippen LogP contribution in [-0.2, 0) is 16.1 Å². The fourth-order valence-electron chi connectivity index (χ4n) is 4.30. The molecule has 6 heteroatoms. The first kappa shape index (κ1) is 23.5. The Morgan fingerprint density at radius 3 is 2.35 bits per heavy atom. The minimum Gasteiger partial charge on any atom is -0.352 e. The van der Waals surface area contributed by atoms with E-state index in [0.29, 0.717) is 5.56 Å². The summed E-state index contributed by atoms with van der Waals surface area (Å²) >= 11 is 0. The standard InChI is InChI=1S/C28H31N3O3/c1-5-19(3)29-27(33)20(4)30(16-21-14-12-18(2)13-15-21)25(32)17-31-24-11-7-9-22-8-6-10-23(26(22)24)28(31)34/h6-15,19-20H,5,16-17H2,1-4H3,(H,29,33). The van der Waals surface area contributed by atoms with Crippen molar-refractivity contribution in [1.29, 1.82) is 0 Å². The molecule has 2 atom stereocenters. The van der Waals surface area contributed by atoms with Crippen molar-refractivity contribution in [3.8, 4) is 0 Å². The van der Waals surface area contributed by atoms with Gasteiger partial charge in [0.25, 0.3) is 5.91 Å². The Kier molecular flexibility index (Phi) is 6.68. The molecule has 3 aromatic rings. The van der Waals surface area contributed by atoms with Crippen LogP contribution in [0.1, 0.15) is 48.7 Å². The minimum absolute atomic E-state index is 0.0125. The van der Waals surface area contributed by atoms with Gasteiger partial charge >= 0.3 is 0 Å². The molecular formula is C28H31N3O3. The van der Waals surface area contributed by atoms with Crippen LogP contribution in [0.3, 0.4) is 0 Å². The van der Waals surface area contributed by atoms with Gasteiger partial charge in [0.2, 0.25) is 11.8 Å². The summed E-state index contributed by atoms with van der Waals surface area (Å²) in [4.78, 5) is 42.9. The zero-order valence-electron chi connectivity index (χ0n) is 20.2. The summed E-state index contributed by atoms with van der Waals surface area (Å²) in [5, 5.41) is 4.82. The van der Waals surface area contributed by atoms with Crippen LogP contribution in [-0.4, -0.2) is 41.2 Å². The third-order valence-corrected chi connectivity index (χ3v) is 6.58. The van der Waals surface area contributed by atoms with E-state index in [2.05, 4.69) is 5.32 Å². The lowest BCUT2D eigenvalue weighted by atomic mass is 10.1. The smallest absolute Gasteiger partial charge is 0.259 e. The van der Waals surface area contributed by atoms with E-state index < -0.39 is 6.04 Å². The lowest BCUT2D eigenvalue weighted by molar-refractivity contribution is -0.139. The predicted octanol–water partition coefficient (Wildman–Crippen LogP) is 4.44. The second-order valence-corrected chi connectivity index (χ2v) is 9.07. The molecule has 0 spiro atoms. The first-order valence-electron chi connectivity index (χ1n) is 11.8. The summed E-state index contributed by atoms with van der Waals surface area (Å²) in [6.45, 7) is 7.85. The lowest BCUT2D eigenvalue weighted by Crippen LogP contribution is -2.52. The van der Waals surface area contributed by atoms with E-state index in [1.54, 1.807) is 17.9 Å². The highest BCUT2D eigenvalue weighted by molar-refractivity contribution is 6.26. The molecule has 1 aliphatic heterocycles. The molecule has 0 aromatic heterocycles. The Bertz CT molecular complexity index is 1230. The second kappa shape index (κ2) is 9.67. The van der Waals surface area contributed by atoms with Crippen LogP contribution in [0, 0.1) is 6.92 Å². The van der Waals surface area contributed by atoms with Crippen molar-refractivity contribution in [3.63, 3.8) is 0 Å². The SMILES string of the molecule is CCC(C)NC(=O)C(C)N(Cc1ccc(C)cc1)C(=O)CN1C(=O)c2cccc3cccc1c23. The molecule has 0 radical (unpaired) electrons. The van der Waals surface area contributed by atoms with Gasteiger partial charge in [-0.05, 0) is 50.3 Å². The van der Waals surface area contributed by atoms with Crippen molar-refractivity contribution in [2.24, 2.45) is 0 Å². The molecule has 1 heterocycles. The molecule has 0 saturated carbocycles. The maximum absolute atomic E-state index is 13.6. The van der Waals surface area contributed by atoms with Gasteiger partial charge in [-0.25, -0.2) is 0 Å². The number of carbonyl (C=O) groups excluding carboxylic acids is 3. The van der Waals surface area contributed by atoms with E-state index in [0.717, 1.165) is 34.0 Å². The van der Waals surface area contributed by atoms with E-state index in [4.69, 9.17) is 0 Å². The number of hydrogen-bond donors (Lipinski definition) is 1. The van der Waals surface area contributed by atoms with E-state index in [9.17, 15) is 14.4 Å². The fourth-order valence-corrected chi connectivity index (χ4v) is 4.30. The third-order valence-electron chi connectivity index (χ3n) is 6.58. The third kappa shape index (κ3) is 4.53. The first-order valence-corrected chi connectivity index (χ1v) is 11.8. The van der Waals surface area contributed by atoms with Gasteiger partial charge in [0.1, 0.15) is 12.6 Å². The highest BCUT2D eigenvalue weighted by Crippen LogP contribution is 2.37. The number of carbonyl (C=O) groups is 3. The van der Waals surface area contributed by atoms with Crippen LogP contribution in [0.15, 0.2) is 60.7 Å².